The Balaban J connectivity index is 0.00000420. The van der Waals surface area contributed by atoms with Crippen LogP contribution in [0.3, 0.4) is 0 Å². The second-order valence-corrected chi connectivity index (χ2v) is 9.13. The number of hydrogen-bond acceptors (Lipinski definition) is 4. The maximum absolute atomic E-state index is 12.2. The fourth-order valence-corrected chi connectivity index (χ4v) is 4.05. The highest BCUT2D eigenvalue weighted by atomic mass is 127. The highest BCUT2D eigenvalue weighted by molar-refractivity contribution is 14.0. The van der Waals surface area contributed by atoms with Gasteiger partial charge in [0.05, 0.1) is 18.4 Å². The Kier molecular flexibility index (Phi) is 12.1. The fourth-order valence-electron chi connectivity index (χ4n) is 3.09. The molecule has 2 rings (SSSR count). The van der Waals surface area contributed by atoms with Crippen molar-refractivity contribution in [2.45, 2.75) is 52.7 Å². The molecule has 0 aliphatic carbocycles. The van der Waals surface area contributed by atoms with Gasteiger partial charge in [-0.3, -0.25) is 0 Å². The summed E-state index contributed by atoms with van der Waals surface area (Å²) in [6.45, 7) is 8.75. The molecule has 3 N–H and O–H groups in total. The molecule has 0 amide bonds. The Morgan fingerprint density at radius 1 is 1.24 bits per heavy atom. The Hall–Kier alpha value is -0.910. The maximum Gasteiger partial charge on any atom is 0.213 e. The number of nitrogens with zero attached hydrogens (tertiary/aromatic N) is 1. The van der Waals surface area contributed by atoms with Crippen LogP contribution in [0.25, 0.3) is 0 Å². The molecule has 1 aromatic carbocycles. The summed E-state index contributed by atoms with van der Waals surface area (Å²) in [6.07, 6.45) is 3.06. The molecule has 1 atom stereocenters. The van der Waals surface area contributed by atoms with E-state index in [1.807, 2.05) is 6.92 Å². The molecule has 1 aliphatic heterocycles. The molecule has 0 saturated carbocycles. The Bertz CT molecular complexity index is 750. The minimum atomic E-state index is -3.35. The smallest absolute Gasteiger partial charge is 0.213 e. The number of nitrogens with one attached hydrogen (secondary N) is 3. The van der Waals surface area contributed by atoms with Crippen LogP contribution in [0.2, 0.25) is 0 Å². The van der Waals surface area contributed by atoms with Crippen molar-refractivity contribution in [3.63, 3.8) is 0 Å². The van der Waals surface area contributed by atoms with Crippen molar-refractivity contribution in [2.24, 2.45) is 4.99 Å². The first-order chi connectivity index (χ1) is 13.4. The van der Waals surface area contributed by atoms with E-state index in [0.29, 0.717) is 32.1 Å². The van der Waals surface area contributed by atoms with Crippen LogP contribution in [0.5, 0.6) is 0 Å². The van der Waals surface area contributed by atoms with Gasteiger partial charge in [0.25, 0.3) is 0 Å². The molecular formula is C20H35IN4O3S. The lowest BCUT2D eigenvalue weighted by Gasteiger charge is -2.22. The van der Waals surface area contributed by atoms with Gasteiger partial charge < -0.3 is 15.4 Å². The molecule has 1 aliphatic rings. The molecule has 29 heavy (non-hydrogen) atoms. The number of benzene rings is 1. The summed E-state index contributed by atoms with van der Waals surface area (Å²) in [4.78, 5) is 4.57. The summed E-state index contributed by atoms with van der Waals surface area (Å²) < 4.78 is 32.6. The number of guanidine groups is 1. The van der Waals surface area contributed by atoms with Crippen LogP contribution in [0.4, 0.5) is 0 Å². The number of aryl methyl sites for hydroxylation is 2. The molecule has 1 aromatic rings. The average Bonchev–Trinajstić information content (AvgIpc) is 2.66. The SMILES string of the molecule is CCNC(=NCc1ccc(C)cc1C)NCCS(=O)(=O)NCC1CCCCO1.I. The standard InChI is InChI=1S/C20H34N4O3S.HI/c1-4-21-20(23-14-18-9-8-16(2)13-17(18)3)22-10-12-28(25,26)24-15-19-7-5-6-11-27-19;/h8-9,13,19,24H,4-7,10-12,14-15H2,1-3H3,(H2,21,22,23);1H. The van der Waals surface area contributed by atoms with Gasteiger partial charge in [-0.05, 0) is 51.2 Å². The molecule has 0 aromatic heterocycles. The van der Waals surface area contributed by atoms with Crippen LogP contribution in [0.15, 0.2) is 23.2 Å². The Morgan fingerprint density at radius 2 is 2.03 bits per heavy atom. The summed E-state index contributed by atoms with van der Waals surface area (Å²) in [6, 6.07) is 6.30. The van der Waals surface area contributed by atoms with E-state index in [0.717, 1.165) is 31.4 Å². The number of rotatable bonds is 9. The fraction of sp³-hybridized carbons (Fsp3) is 0.650. The van der Waals surface area contributed by atoms with E-state index in [4.69, 9.17) is 4.74 Å². The molecule has 0 radical (unpaired) electrons. The second-order valence-electron chi connectivity index (χ2n) is 7.21. The van der Waals surface area contributed by atoms with E-state index < -0.39 is 10.0 Å². The number of halogens is 1. The Labute approximate surface area is 192 Å². The first kappa shape index (κ1) is 26.1. The number of ether oxygens (including phenoxy) is 1. The highest BCUT2D eigenvalue weighted by Crippen LogP contribution is 2.12. The molecule has 1 saturated heterocycles. The molecule has 0 bridgehead atoms. The van der Waals surface area contributed by atoms with Crippen LogP contribution in [0, 0.1) is 13.8 Å². The third-order valence-corrected chi connectivity index (χ3v) is 6.07. The van der Waals surface area contributed by atoms with E-state index >= 15 is 0 Å². The topological polar surface area (TPSA) is 91.8 Å². The normalized spacial score (nSPS) is 17.5. The van der Waals surface area contributed by atoms with Gasteiger partial charge in [-0.25, -0.2) is 18.1 Å². The van der Waals surface area contributed by atoms with E-state index in [9.17, 15) is 8.42 Å². The highest BCUT2D eigenvalue weighted by Gasteiger charge is 2.17. The van der Waals surface area contributed by atoms with Crippen molar-refractivity contribution in [1.82, 2.24) is 15.4 Å². The first-order valence-electron chi connectivity index (χ1n) is 10.1. The van der Waals surface area contributed by atoms with Crippen LogP contribution >= 0.6 is 24.0 Å². The average molecular weight is 538 g/mol. The van der Waals surface area contributed by atoms with Gasteiger partial charge in [0.15, 0.2) is 5.96 Å². The van der Waals surface area contributed by atoms with Crippen molar-refractivity contribution < 1.29 is 13.2 Å². The zero-order valence-electron chi connectivity index (χ0n) is 17.7. The number of sulfonamides is 1. The van der Waals surface area contributed by atoms with Gasteiger partial charge >= 0.3 is 0 Å². The minimum Gasteiger partial charge on any atom is -0.377 e. The van der Waals surface area contributed by atoms with Crippen LogP contribution in [0.1, 0.15) is 42.9 Å². The quantitative estimate of drug-likeness (QED) is 0.255. The molecule has 7 nitrogen and oxygen atoms in total. The van der Waals surface area contributed by atoms with E-state index in [-0.39, 0.29) is 35.8 Å². The van der Waals surface area contributed by atoms with Gasteiger partial charge in [-0.1, -0.05) is 23.8 Å². The van der Waals surface area contributed by atoms with Crippen LogP contribution in [-0.2, 0) is 21.3 Å². The Morgan fingerprint density at radius 3 is 2.69 bits per heavy atom. The van der Waals surface area contributed by atoms with Gasteiger partial charge in [0.1, 0.15) is 0 Å². The molecule has 9 heteroatoms. The van der Waals surface area contributed by atoms with Crippen molar-refractivity contribution in [3.05, 3.63) is 34.9 Å². The molecule has 0 spiro atoms. The molecular weight excluding hydrogens is 503 g/mol. The molecule has 166 valence electrons. The predicted molar refractivity (Wildman–Crippen MR) is 130 cm³/mol. The van der Waals surface area contributed by atoms with Crippen molar-refractivity contribution in [3.8, 4) is 0 Å². The largest absolute Gasteiger partial charge is 0.377 e. The van der Waals surface area contributed by atoms with Crippen LogP contribution in [-0.4, -0.2) is 52.5 Å². The number of hydrogen-bond donors (Lipinski definition) is 3. The molecule has 1 unspecified atom stereocenters. The lowest BCUT2D eigenvalue weighted by Crippen LogP contribution is -2.42. The summed E-state index contributed by atoms with van der Waals surface area (Å²) in [5.41, 5.74) is 3.59. The zero-order chi connectivity index (χ0) is 20.4. The molecule has 1 heterocycles. The lowest BCUT2D eigenvalue weighted by molar-refractivity contribution is 0.0200. The van der Waals surface area contributed by atoms with Gasteiger partial charge in [0, 0.05) is 26.2 Å². The van der Waals surface area contributed by atoms with Gasteiger partial charge in [-0.2, -0.15) is 0 Å². The van der Waals surface area contributed by atoms with E-state index in [1.165, 1.54) is 11.1 Å². The van der Waals surface area contributed by atoms with Gasteiger partial charge in [-0.15, -0.1) is 24.0 Å². The van der Waals surface area contributed by atoms with Crippen LogP contribution < -0.4 is 15.4 Å². The predicted octanol–water partition coefficient (Wildman–Crippen LogP) is 2.47. The monoisotopic (exact) mass is 538 g/mol. The summed E-state index contributed by atoms with van der Waals surface area (Å²) in [7, 11) is -3.35. The summed E-state index contributed by atoms with van der Waals surface area (Å²) in [5.74, 6) is 0.613. The van der Waals surface area contributed by atoms with E-state index in [1.54, 1.807) is 0 Å². The summed E-state index contributed by atoms with van der Waals surface area (Å²) >= 11 is 0. The maximum atomic E-state index is 12.2. The second kappa shape index (κ2) is 13.4. The number of aliphatic imine (C=N–C) groups is 1. The van der Waals surface area contributed by atoms with Crippen molar-refractivity contribution >= 4 is 40.0 Å². The first-order valence-corrected chi connectivity index (χ1v) is 11.7. The molecule has 1 fully saturated rings. The third-order valence-electron chi connectivity index (χ3n) is 4.72. The van der Waals surface area contributed by atoms with Gasteiger partial charge in [0.2, 0.25) is 10.0 Å². The lowest BCUT2D eigenvalue weighted by atomic mass is 10.1. The van der Waals surface area contributed by atoms with Crippen molar-refractivity contribution in [2.75, 3.05) is 32.0 Å². The van der Waals surface area contributed by atoms with Crippen molar-refractivity contribution in [1.29, 1.82) is 0 Å². The zero-order valence-corrected chi connectivity index (χ0v) is 20.8. The van der Waals surface area contributed by atoms with E-state index in [2.05, 4.69) is 52.4 Å². The third kappa shape index (κ3) is 10.1. The minimum absolute atomic E-state index is 0. The summed E-state index contributed by atoms with van der Waals surface area (Å²) in [5, 5.41) is 6.26.